The molecule has 0 bridgehead atoms. The van der Waals surface area contributed by atoms with Gasteiger partial charge >= 0.3 is 0 Å². The summed E-state index contributed by atoms with van der Waals surface area (Å²) in [6.45, 7) is 0.319. The van der Waals surface area contributed by atoms with Gasteiger partial charge in [0.15, 0.2) is 0 Å². The van der Waals surface area contributed by atoms with E-state index in [9.17, 15) is 4.79 Å². The molecule has 0 saturated heterocycles. The number of nitrogens with two attached hydrogens (primary N) is 1. The molecule has 0 aliphatic rings. The Morgan fingerprint density at radius 1 is 1.19 bits per heavy atom. The lowest BCUT2D eigenvalue weighted by Gasteiger charge is -2.06. The van der Waals surface area contributed by atoms with Gasteiger partial charge in [0.2, 0.25) is 5.91 Å². The molecule has 0 aromatic heterocycles. The van der Waals surface area contributed by atoms with Gasteiger partial charge in [-0.1, -0.05) is 46.0 Å². The molecule has 0 heterocycles. The van der Waals surface area contributed by atoms with Gasteiger partial charge in [-0.15, -0.1) is 0 Å². The van der Waals surface area contributed by atoms with Crippen LogP contribution in [0.2, 0.25) is 0 Å². The monoisotopic (exact) mass is 342 g/mol. The van der Waals surface area contributed by atoms with Crippen molar-refractivity contribution in [3.05, 3.63) is 64.1 Å². The third-order valence-corrected chi connectivity index (χ3v) is 3.23. The van der Waals surface area contributed by atoms with Crippen molar-refractivity contribution in [3.8, 4) is 11.8 Å². The smallest absolute Gasteiger partial charge is 0.228 e. The van der Waals surface area contributed by atoms with Gasteiger partial charge < -0.3 is 11.1 Å². The SMILES string of the molecule is NCC#Cc1cccc(NC(=O)Cc2cccc(Br)c2)c1. The predicted octanol–water partition coefficient (Wildman–Crippen LogP) is 2.94. The number of rotatable bonds is 3. The minimum Gasteiger partial charge on any atom is -0.326 e. The first-order valence-corrected chi connectivity index (χ1v) is 7.30. The van der Waals surface area contributed by atoms with E-state index in [1.165, 1.54) is 0 Å². The summed E-state index contributed by atoms with van der Waals surface area (Å²) in [7, 11) is 0. The second-order valence-electron chi connectivity index (χ2n) is 4.44. The highest BCUT2D eigenvalue weighted by Crippen LogP contribution is 2.14. The number of hydrogen-bond donors (Lipinski definition) is 2. The number of nitrogens with one attached hydrogen (secondary N) is 1. The van der Waals surface area contributed by atoms with Crippen LogP contribution in [0.5, 0.6) is 0 Å². The van der Waals surface area contributed by atoms with E-state index in [1.807, 2.05) is 48.5 Å². The van der Waals surface area contributed by atoms with Crippen molar-refractivity contribution in [1.29, 1.82) is 0 Å². The lowest BCUT2D eigenvalue weighted by Crippen LogP contribution is -2.14. The third kappa shape index (κ3) is 5.07. The van der Waals surface area contributed by atoms with Gasteiger partial charge in [0, 0.05) is 15.7 Å². The zero-order valence-corrected chi connectivity index (χ0v) is 13.0. The highest BCUT2D eigenvalue weighted by Gasteiger charge is 2.04. The van der Waals surface area contributed by atoms with Crippen molar-refractivity contribution in [3.63, 3.8) is 0 Å². The molecule has 0 fully saturated rings. The number of benzene rings is 2. The van der Waals surface area contributed by atoms with E-state index < -0.39 is 0 Å². The molecule has 0 saturated carbocycles. The van der Waals surface area contributed by atoms with Crippen molar-refractivity contribution >= 4 is 27.5 Å². The maximum atomic E-state index is 12.0. The van der Waals surface area contributed by atoms with Crippen LogP contribution in [0, 0.1) is 11.8 Å². The summed E-state index contributed by atoms with van der Waals surface area (Å²) in [5.74, 6) is 5.68. The normalized spacial score (nSPS) is 9.62. The fourth-order valence-electron chi connectivity index (χ4n) is 1.87. The van der Waals surface area contributed by atoms with Crippen LogP contribution >= 0.6 is 15.9 Å². The van der Waals surface area contributed by atoms with Gasteiger partial charge in [-0.3, -0.25) is 4.79 Å². The van der Waals surface area contributed by atoms with Gasteiger partial charge in [-0.2, -0.15) is 0 Å². The molecule has 0 atom stereocenters. The van der Waals surface area contributed by atoms with Crippen molar-refractivity contribution < 1.29 is 4.79 Å². The Kier molecular flexibility index (Phi) is 5.56. The lowest BCUT2D eigenvalue weighted by molar-refractivity contribution is -0.115. The van der Waals surface area contributed by atoms with Crippen molar-refractivity contribution in [2.75, 3.05) is 11.9 Å². The minimum absolute atomic E-state index is 0.0583. The Balaban J connectivity index is 2.02. The van der Waals surface area contributed by atoms with Crippen LogP contribution in [-0.2, 0) is 11.2 Å². The number of carbonyl (C=O) groups is 1. The second kappa shape index (κ2) is 7.63. The molecule has 0 aliphatic carbocycles. The molecule has 0 radical (unpaired) electrons. The third-order valence-electron chi connectivity index (χ3n) is 2.73. The Morgan fingerprint density at radius 3 is 2.76 bits per heavy atom. The highest BCUT2D eigenvalue weighted by molar-refractivity contribution is 9.10. The first kappa shape index (κ1) is 15.3. The summed E-state index contributed by atoms with van der Waals surface area (Å²) >= 11 is 3.40. The quantitative estimate of drug-likeness (QED) is 0.842. The molecular formula is C17H15BrN2O. The van der Waals surface area contributed by atoms with E-state index >= 15 is 0 Å². The van der Waals surface area contributed by atoms with E-state index in [0.29, 0.717) is 13.0 Å². The molecule has 1 amide bonds. The zero-order chi connectivity index (χ0) is 15.1. The summed E-state index contributed by atoms with van der Waals surface area (Å²) in [5.41, 5.74) is 7.87. The van der Waals surface area contributed by atoms with E-state index in [0.717, 1.165) is 21.3 Å². The van der Waals surface area contributed by atoms with Crippen LogP contribution in [0.15, 0.2) is 53.0 Å². The van der Waals surface area contributed by atoms with Crippen LogP contribution in [0.3, 0.4) is 0 Å². The van der Waals surface area contributed by atoms with Crippen molar-refractivity contribution in [2.24, 2.45) is 5.73 Å². The summed E-state index contributed by atoms with van der Waals surface area (Å²) < 4.78 is 0.965. The number of carbonyl (C=O) groups excluding carboxylic acids is 1. The topological polar surface area (TPSA) is 55.1 Å². The molecule has 0 aliphatic heterocycles. The van der Waals surface area contributed by atoms with Gasteiger partial charge in [0.25, 0.3) is 0 Å². The number of amides is 1. The lowest BCUT2D eigenvalue weighted by atomic mass is 10.1. The van der Waals surface area contributed by atoms with Gasteiger partial charge in [0.1, 0.15) is 0 Å². The van der Waals surface area contributed by atoms with E-state index in [1.54, 1.807) is 0 Å². The largest absolute Gasteiger partial charge is 0.326 e. The average Bonchev–Trinajstić information content (AvgIpc) is 2.45. The van der Waals surface area contributed by atoms with Crippen LogP contribution in [0.25, 0.3) is 0 Å². The van der Waals surface area contributed by atoms with Crippen LogP contribution < -0.4 is 11.1 Å². The molecule has 3 N–H and O–H groups in total. The Bertz CT molecular complexity index is 701. The summed E-state index contributed by atoms with van der Waals surface area (Å²) in [6, 6.07) is 15.1. The molecule has 3 nitrogen and oxygen atoms in total. The van der Waals surface area contributed by atoms with E-state index in [2.05, 4.69) is 33.1 Å². The number of hydrogen-bond acceptors (Lipinski definition) is 2. The molecule has 2 aromatic carbocycles. The second-order valence-corrected chi connectivity index (χ2v) is 5.36. The first-order valence-electron chi connectivity index (χ1n) is 6.50. The summed E-state index contributed by atoms with van der Waals surface area (Å²) in [6.07, 6.45) is 0.331. The molecule has 0 unspecified atom stereocenters. The molecule has 4 heteroatoms. The maximum Gasteiger partial charge on any atom is 0.228 e. The molecule has 2 aromatic rings. The molecule has 0 spiro atoms. The molecule has 2 rings (SSSR count). The van der Waals surface area contributed by atoms with Crippen LogP contribution in [0.1, 0.15) is 11.1 Å². The summed E-state index contributed by atoms with van der Waals surface area (Å²) in [4.78, 5) is 12.0. The average molecular weight is 343 g/mol. The van der Waals surface area contributed by atoms with Crippen molar-refractivity contribution in [2.45, 2.75) is 6.42 Å². The Hall–Kier alpha value is -2.09. The zero-order valence-electron chi connectivity index (χ0n) is 11.4. The van der Waals surface area contributed by atoms with E-state index in [4.69, 9.17) is 5.73 Å². The fraction of sp³-hybridized carbons (Fsp3) is 0.118. The maximum absolute atomic E-state index is 12.0. The minimum atomic E-state index is -0.0583. The van der Waals surface area contributed by atoms with Crippen molar-refractivity contribution in [1.82, 2.24) is 0 Å². The Labute approximate surface area is 132 Å². The fourth-order valence-corrected chi connectivity index (χ4v) is 2.31. The Morgan fingerprint density at radius 2 is 2.00 bits per heavy atom. The van der Waals surface area contributed by atoms with Gasteiger partial charge in [-0.25, -0.2) is 0 Å². The van der Waals surface area contributed by atoms with Gasteiger partial charge in [-0.05, 0) is 35.9 Å². The van der Waals surface area contributed by atoms with Crippen LogP contribution in [0.4, 0.5) is 5.69 Å². The molecule has 106 valence electrons. The van der Waals surface area contributed by atoms with E-state index in [-0.39, 0.29) is 5.91 Å². The molecular weight excluding hydrogens is 328 g/mol. The van der Waals surface area contributed by atoms with Gasteiger partial charge in [0.05, 0.1) is 13.0 Å². The first-order chi connectivity index (χ1) is 10.2. The standard InChI is InChI=1S/C17H15BrN2O/c18-15-7-1-5-14(10-15)12-17(21)20-16-8-2-4-13(11-16)6-3-9-19/h1-2,4-5,7-8,10-11H,9,12,19H2,(H,20,21). The molecule has 21 heavy (non-hydrogen) atoms. The summed E-state index contributed by atoms with van der Waals surface area (Å²) in [5, 5.41) is 2.87. The highest BCUT2D eigenvalue weighted by atomic mass is 79.9. The number of anilines is 1. The predicted molar refractivity (Wildman–Crippen MR) is 88.9 cm³/mol. The van der Waals surface area contributed by atoms with Crippen LogP contribution in [-0.4, -0.2) is 12.5 Å². The number of halogens is 1.